The Labute approximate surface area is 226 Å². The van der Waals surface area contributed by atoms with Crippen LogP contribution in [0.5, 0.6) is 0 Å². The van der Waals surface area contributed by atoms with E-state index in [9.17, 15) is 9.59 Å². The topological polar surface area (TPSA) is 128 Å². The summed E-state index contributed by atoms with van der Waals surface area (Å²) in [6, 6.07) is 11.6. The number of imidazole rings is 1. The van der Waals surface area contributed by atoms with E-state index in [0.29, 0.717) is 43.2 Å². The molecule has 2 amide bonds. The Hall–Kier alpha value is -4.12. The van der Waals surface area contributed by atoms with Crippen molar-refractivity contribution in [3.8, 4) is 11.5 Å². The van der Waals surface area contributed by atoms with Crippen molar-refractivity contribution in [1.82, 2.24) is 30.4 Å². The molecule has 0 saturated carbocycles. The van der Waals surface area contributed by atoms with Gasteiger partial charge in [0.25, 0.3) is 5.91 Å². The molecule has 11 nitrogen and oxygen atoms in total. The van der Waals surface area contributed by atoms with Gasteiger partial charge < -0.3 is 29.6 Å². The minimum Gasteiger partial charge on any atom is -0.449 e. The fourth-order valence-electron chi connectivity index (χ4n) is 4.59. The lowest BCUT2D eigenvalue weighted by Gasteiger charge is -2.28. The van der Waals surface area contributed by atoms with Gasteiger partial charge in [-0.1, -0.05) is 13.3 Å². The van der Waals surface area contributed by atoms with Crippen molar-refractivity contribution in [2.45, 2.75) is 26.2 Å². The van der Waals surface area contributed by atoms with Crippen molar-refractivity contribution in [3.05, 3.63) is 42.0 Å². The van der Waals surface area contributed by atoms with Crippen LogP contribution in [0.25, 0.3) is 33.5 Å². The number of benzene rings is 2. The largest absolute Gasteiger partial charge is 0.449 e. The number of anilines is 1. The molecule has 0 aliphatic carbocycles. The fraction of sp³-hybridized carbons (Fsp3) is 0.429. The summed E-state index contributed by atoms with van der Waals surface area (Å²) < 4.78 is 10.7. The molecule has 1 aliphatic heterocycles. The van der Waals surface area contributed by atoms with E-state index in [1.165, 1.54) is 4.90 Å². The summed E-state index contributed by atoms with van der Waals surface area (Å²) in [4.78, 5) is 36.8. The van der Waals surface area contributed by atoms with Crippen molar-refractivity contribution >= 4 is 39.6 Å². The maximum atomic E-state index is 12.9. The number of aromatic nitrogens is 4. The molecule has 206 valence electrons. The number of H-pyrrole nitrogens is 2. The van der Waals surface area contributed by atoms with E-state index in [1.807, 2.05) is 25.1 Å². The van der Waals surface area contributed by atoms with E-state index in [1.54, 1.807) is 13.1 Å². The maximum absolute atomic E-state index is 12.9. The first-order valence-corrected chi connectivity index (χ1v) is 13.5. The predicted molar refractivity (Wildman–Crippen MR) is 150 cm³/mol. The number of carbonyl (C=O) groups is 2. The minimum atomic E-state index is -0.337. The first-order chi connectivity index (χ1) is 19.0. The Morgan fingerprint density at radius 2 is 1.97 bits per heavy atom. The second kappa shape index (κ2) is 12.2. The number of fused-ring (bicyclic) bond motifs is 2. The van der Waals surface area contributed by atoms with Gasteiger partial charge in [-0.05, 0) is 49.2 Å². The average molecular weight is 534 g/mol. The molecule has 39 heavy (non-hydrogen) atoms. The Morgan fingerprint density at radius 1 is 1.13 bits per heavy atom. The van der Waals surface area contributed by atoms with Gasteiger partial charge in [0, 0.05) is 49.9 Å². The molecule has 0 radical (unpaired) electrons. The van der Waals surface area contributed by atoms with Crippen molar-refractivity contribution in [1.29, 1.82) is 0 Å². The lowest BCUT2D eigenvalue weighted by Crippen LogP contribution is -2.36. The van der Waals surface area contributed by atoms with Crippen molar-refractivity contribution in [2.75, 3.05) is 57.9 Å². The Bertz CT molecular complexity index is 1440. The van der Waals surface area contributed by atoms with E-state index in [-0.39, 0.29) is 12.0 Å². The van der Waals surface area contributed by atoms with Crippen LogP contribution < -0.4 is 10.2 Å². The van der Waals surface area contributed by atoms with Gasteiger partial charge in [0.2, 0.25) is 0 Å². The quantitative estimate of drug-likeness (QED) is 0.264. The van der Waals surface area contributed by atoms with E-state index in [0.717, 1.165) is 66.8 Å². The van der Waals surface area contributed by atoms with Gasteiger partial charge in [0.05, 0.1) is 36.4 Å². The third kappa shape index (κ3) is 6.14. The first kappa shape index (κ1) is 26.5. The number of morpholine rings is 1. The molecule has 4 aromatic rings. The molecule has 2 aromatic heterocycles. The van der Waals surface area contributed by atoms with Gasteiger partial charge in [-0.25, -0.2) is 9.78 Å². The Morgan fingerprint density at radius 3 is 2.79 bits per heavy atom. The molecule has 1 fully saturated rings. The predicted octanol–water partition coefficient (Wildman–Crippen LogP) is 3.93. The highest BCUT2D eigenvalue weighted by Gasteiger charge is 2.17. The molecule has 5 rings (SSSR count). The van der Waals surface area contributed by atoms with Crippen LogP contribution in [0.15, 0.2) is 36.4 Å². The summed E-state index contributed by atoms with van der Waals surface area (Å²) in [6.45, 7) is 6.60. The third-order valence-electron chi connectivity index (χ3n) is 6.88. The Balaban J connectivity index is 1.23. The average Bonchev–Trinajstić information content (AvgIpc) is 3.58. The Kier molecular flexibility index (Phi) is 8.26. The fourth-order valence-corrected chi connectivity index (χ4v) is 4.59. The molecule has 1 saturated heterocycles. The smallest absolute Gasteiger partial charge is 0.409 e. The molecule has 3 N–H and O–H groups in total. The number of rotatable bonds is 10. The van der Waals surface area contributed by atoms with Crippen LogP contribution in [0.2, 0.25) is 0 Å². The van der Waals surface area contributed by atoms with Gasteiger partial charge in [0.15, 0.2) is 5.82 Å². The molecule has 0 bridgehead atoms. The second-order valence-corrected chi connectivity index (χ2v) is 9.72. The molecule has 1 aliphatic rings. The van der Waals surface area contributed by atoms with Crippen LogP contribution in [0.4, 0.5) is 10.5 Å². The molecule has 0 atom stereocenters. The van der Waals surface area contributed by atoms with Gasteiger partial charge in [-0.2, -0.15) is 5.10 Å². The zero-order valence-electron chi connectivity index (χ0n) is 22.5. The summed E-state index contributed by atoms with van der Waals surface area (Å²) in [5, 5.41) is 11.3. The number of hydrogen-bond donors (Lipinski definition) is 3. The summed E-state index contributed by atoms with van der Waals surface area (Å²) in [7, 11) is 1.70. The molecular formula is C28H35N7O4. The van der Waals surface area contributed by atoms with Crippen LogP contribution in [0.3, 0.4) is 0 Å². The number of hydrogen-bond acceptors (Lipinski definition) is 7. The van der Waals surface area contributed by atoms with Gasteiger partial charge in [-0.3, -0.25) is 9.89 Å². The summed E-state index contributed by atoms with van der Waals surface area (Å²) >= 11 is 0. The third-order valence-corrected chi connectivity index (χ3v) is 6.88. The molecule has 11 heteroatoms. The monoisotopic (exact) mass is 533 g/mol. The van der Waals surface area contributed by atoms with Gasteiger partial charge in [-0.15, -0.1) is 0 Å². The van der Waals surface area contributed by atoms with Gasteiger partial charge in [0.1, 0.15) is 5.69 Å². The summed E-state index contributed by atoms with van der Waals surface area (Å²) in [5.41, 5.74) is 4.92. The number of carbonyl (C=O) groups excluding carboxylic acids is 2. The van der Waals surface area contributed by atoms with E-state index in [2.05, 4.69) is 37.5 Å². The lowest BCUT2D eigenvalue weighted by molar-refractivity contribution is 0.0950. The number of nitrogens with one attached hydrogen (secondary N) is 3. The standard InChI is InChI=1S/C28H35N7O4/c1-3-4-14-39-28(37)34(2)11-5-10-29-27(36)19-6-8-22-21(17-19)25(33-32-22)26-30-23-9-7-20(18-24(23)31-26)35-12-15-38-16-13-35/h6-9,17-18H,3-5,10-16H2,1-2H3,(H,29,36)(H,30,31)(H,32,33). The number of nitrogens with zero attached hydrogens (tertiary/aromatic N) is 4. The number of unbranched alkanes of at least 4 members (excludes halogenated alkanes) is 1. The summed E-state index contributed by atoms with van der Waals surface area (Å²) in [5.74, 6) is 0.457. The molecule has 2 aromatic carbocycles. The van der Waals surface area contributed by atoms with Crippen molar-refractivity contribution in [3.63, 3.8) is 0 Å². The van der Waals surface area contributed by atoms with Crippen LogP contribution in [-0.4, -0.2) is 90.1 Å². The molecule has 0 unspecified atom stereocenters. The number of ether oxygens (including phenoxy) is 2. The van der Waals surface area contributed by atoms with Crippen LogP contribution in [-0.2, 0) is 9.47 Å². The SMILES string of the molecule is CCCCOC(=O)N(C)CCCNC(=O)c1ccc2[nH]nc(-c3nc4ccc(N5CCOCC5)cc4[nH]3)c2c1. The van der Waals surface area contributed by atoms with Crippen LogP contribution >= 0.6 is 0 Å². The van der Waals surface area contributed by atoms with Crippen molar-refractivity contribution < 1.29 is 19.1 Å². The lowest BCUT2D eigenvalue weighted by atomic mass is 10.1. The minimum absolute atomic E-state index is 0.183. The zero-order chi connectivity index (χ0) is 27.2. The first-order valence-electron chi connectivity index (χ1n) is 13.5. The molecule has 0 spiro atoms. The highest BCUT2D eigenvalue weighted by molar-refractivity contribution is 6.01. The van der Waals surface area contributed by atoms with Crippen molar-refractivity contribution in [2.24, 2.45) is 0 Å². The maximum Gasteiger partial charge on any atom is 0.409 e. The number of aromatic amines is 2. The van der Waals surface area contributed by atoms with Crippen LogP contribution in [0.1, 0.15) is 36.5 Å². The zero-order valence-corrected chi connectivity index (χ0v) is 22.5. The second-order valence-electron chi connectivity index (χ2n) is 9.72. The van der Waals surface area contributed by atoms with E-state index in [4.69, 9.17) is 14.5 Å². The molecular weight excluding hydrogens is 498 g/mol. The van der Waals surface area contributed by atoms with E-state index < -0.39 is 0 Å². The summed E-state index contributed by atoms with van der Waals surface area (Å²) in [6.07, 6.45) is 2.11. The van der Waals surface area contributed by atoms with Gasteiger partial charge >= 0.3 is 6.09 Å². The highest BCUT2D eigenvalue weighted by atomic mass is 16.6. The van der Waals surface area contributed by atoms with Crippen LogP contribution in [0, 0.1) is 0 Å². The normalized spacial score (nSPS) is 13.6. The highest BCUT2D eigenvalue weighted by Crippen LogP contribution is 2.29. The number of amides is 2. The molecule has 3 heterocycles. The van der Waals surface area contributed by atoms with E-state index >= 15 is 0 Å².